The zero-order chi connectivity index (χ0) is 8.27. The number of allylic oxidation sites excluding steroid dienone is 2. The zero-order valence-corrected chi connectivity index (χ0v) is 7.91. The van der Waals surface area contributed by atoms with Gasteiger partial charge in [0.2, 0.25) is 0 Å². The molecule has 64 valence electrons. The Labute approximate surface area is 69.9 Å². The average Bonchev–Trinajstić information content (AvgIpc) is 2.04. The third kappa shape index (κ3) is 1.76. The van der Waals surface area contributed by atoms with Crippen LogP contribution in [0.4, 0.5) is 0 Å². The van der Waals surface area contributed by atoms with Gasteiger partial charge in [0.15, 0.2) is 0 Å². The van der Waals surface area contributed by atoms with E-state index in [1.54, 1.807) is 5.57 Å². The molecule has 0 heterocycles. The first kappa shape index (κ1) is 8.63. The van der Waals surface area contributed by atoms with Crippen molar-refractivity contribution in [1.82, 2.24) is 5.32 Å². The monoisotopic (exact) mass is 153 g/mol. The molecule has 0 aromatic rings. The molecule has 0 saturated carbocycles. The van der Waals surface area contributed by atoms with Gasteiger partial charge in [-0.15, -0.1) is 0 Å². The van der Waals surface area contributed by atoms with E-state index < -0.39 is 0 Å². The van der Waals surface area contributed by atoms with Crippen LogP contribution in [0.2, 0.25) is 0 Å². The van der Waals surface area contributed by atoms with Crippen molar-refractivity contribution < 1.29 is 0 Å². The average molecular weight is 153 g/mol. The van der Waals surface area contributed by atoms with Crippen LogP contribution in [-0.2, 0) is 0 Å². The lowest BCUT2D eigenvalue weighted by molar-refractivity contribution is 0.506. The second-order valence-electron chi connectivity index (χ2n) is 3.40. The van der Waals surface area contributed by atoms with E-state index >= 15 is 0 Å². The Morgan fingerprint density at radius 3 is 2.73 bits per heavy atom. The van der Waals surface area contributed by atoms with Crippen molar-refractivity contribution in [2.45, 2.75) is 39.5 Å². The first-order chi connectivity index (χ1) is 5.29. The Kier molecular flexibility index (Phi) is 2.98. The van der Waals surface area contributed by atoms with Crippen LogP contribution >= 0.6 is 0 Å². The van der Waals surface area contributed by atoms with E-state index in [9.17, 15) is 0 Å². The van der Waals surface area contributed by atoms with Gasteiger partial charge in [-0.05, 0) is 37.2 Å². The standard InChI is InChI=1S/C10H19N/c1-4-9-8(2)6-5-7-10(9)11-3/h8,11H,4-7H2,1-3H3/t8-/m0/s1. The maximum Gasteiger partial charge on any atom is 0.00985 e. The first-order valence-electron chi connectivity index (χ1n) is 4.69. The second-order valence-corrected chi connectivity index (χ2v) is 3.40. The summed E-state index contributed by atoms with van der Waals surface area (Å²) < 4.78 is 0. The van der Waals surface area contributed by atoms with Crippen molar-refractivity contribution in [3.8, 4) is 0 Å². The molecule has 1 nitrogen and oxygen atoms in total. The molecule has 1 N–H and O–H groups in total. The van der Waals surface area contributed by atoms with Gasteiger partial charge in [-0.2, -0.15) is 0 Å². The van der Waals surface area contributed by atoms with Crippen LogP contribution in [0.5, 0.6) is 0 Å². The highest BCUT2D eigenvalue weighted by atomic mass is 14.8. The van der Waals surface area contributed by atoms with Crippen molar-refractivity contribution in [1.29, 1.82) is 0 Å². The summed E-state index contributed by atoms with van der Waals surface area (Å²) in [5.74, 6) is 0.816. The topological polar surface area (TPSA) is 12.0 Å². The third-order valence-electron chi connectivity index (χ3n) is 2.73. The van der Waals surface area contributed by atoms with Gasteiger partial charge < -0.3 is 5.32 Å². The van der Waals surface area contributed by atoms with E-state index in [1.165, 1.54) is 31.4 Å². The van der Waals surface area contributed by atoms with Crippen LogP contribution in [0, 0.1) is 5.92 Å². The molecule has 0 radical (unpaired) electrons. The van der Waals surface area contributed by atoms with Gasteiger partial charge in [-0.1, -0.05) is 13.8 Å². The Morgan fingerprint density at radius 1 is 1.55 bits per heavy atom. The quantitative estimate of drug-likeness (QED) is 0.643. The lowest BCUT2D eigenvalue weighted by Crippen LogP contribution is -2.17. The summed E-state index contributed by atoms with van der Waals surface area (Å²) >= 11 is 0. The lowest BCUT2D eigenvalue weighted by atomic mass is 9.85. The van der Waals surface area contributed by atoms with Crippen LogP contribution in [0.25, 0.3) is 0 Å². The van der Waals surface area contributed by atoms with Gasteiger partial charge in [0.05, 0.1) is 0 Å². The van der Waals surface area contributed by atoms with Crippen LogP contribution in [0.1, 0.15) is 39.5 Å². The van der Waals surface area contributed by atoms with Gasteiger partial charge in [-0.3, -0.25) is 0 Å². The normalized spacial score (nSPS) is 25.5. The first-order valence-corrected chi connectivity index (χ1v) is 4.69. The van der Waals surface area contributed by atoms with Crippen molar-refractivity contribution in [3.05, 3.63) is 11.3 Å². The predicted octanol–water partition coefficient (Wildman–Crippen LogP) is 2.69. The summed E-state index contributed by atoms with van der Waals surface area (Å²) in [5.41, 5.74) is 3.16. The summed E-state index contributed by atoms with van der Waals surface area (Å²) in [6.07, 6.45) is 5.23. The molecule has 1 aliphatic carbocycles. The fourth-order valence-corrected chi connectivity index (χ4v) is 2.06. The summed E-state index contributed by atoms with van der Waals surface area (Å²) in [4.78, 5) is 0. The maximum absolute atomic E-state index is 3.31. The van der Waals surface area contributed by atoms with Gasteiger partial charge >= 0.3 is 0 Å². The third-order valence-corrected chi connectivity index (χ3v) is 2.73. The van der Waals surface area contributed by atoms with E-state index in [0.29, 0.717) is 0 Å². The number of nitrogens with one attached hydrogen (secondary N) is 1. The minimum absolute atomic E-state index is 0.816. The van der Waals surface area contributed by atoms with E-state index in [4.69, 9.17) is 0 Å². The molecule has 1 heteroatoms. The summed E-state index contributed by atoms with van der Waals surface area (Å²) in [7, 11) is 2.04. The Hall–Kier alpha value is -0.460. The fourth-order valence-electron chi connectivity index (χ4n) is 2.06. The van der Waals surface area contributed by atoms with Crippen molar-refractivity contribution in [2.75, 3.05) is 7.05 Å². The highest BCUT2D eigenvalue weighted by molar-refractivity contribution is 5.17. The fraction of sp³-hybridized carbons (Fsp3) is 0.800. The molecule has 1 atom stereocenters. The molecule has 11 heavy (non-hydrogen) atoms. The number of hydrogen-bond donors (Lipinski definition) is 1. The zero-order valence-electron chi connectivity index (χ0n) is 7.91. The summed E-state index contributed by atoms with van der Waals surface area (Å²) in [6, 6.07) is 0. The van der Waals surface area contributed by atoms with E-state index in [0.717, 1.165) is 5.92 Å². The van der Waals surface area contributed by atoms with Crippen molar-refractivity contribution in [3.63, 3.8) is 0 Å². The van der Waals surface area contributed by atoms with E-state index in [1.807, 2.05) is 7.05 Å². The molecule has 0 aromatic carbocycles. The largest absolute Gasteiger partial charge is 0.391 e. The minimum Gasteiger partial charge on any atom is -0.391 e. The molecular weight excluding hydrogens is 134 g/mol. The molecule has 1 rings (SSSR count). The molecule has 0 saturated heterocycles. The predicted molar refractivity (Wildman–Crippen MR) is 49.4 cm³/mol. The van der Waals surface area contributed by atoms with Gasteiger partial charge in [0.25, 0.3) is 0 Å². The molecule has 0 bridgehead atoms. The highest BCUT2D eigenvalue weighted by Crippen LogP contribution is 2.29. The van der Waals surface area contributed by atoms with Crippen LogP contribution in [-0.4, -0.2) is 7.05 Å². The van der Waals surface area contributed by atoms with Crippen LogP contribution < -0.4 is 5.32 Å². The van der Waals surface area contributed by atoms with E-state index in [2.05, 4.69) is 19.2 Å². The summed E-state index contributed by atoms with van der Waals surface area (Å²) in [6.45, 7) is 4.60. The molecule has 0 fully saturated rings. The molecule has 0 amide bonds. The van der Waals surface area contributed by atoms with Gasteiger partial charge in [0.1, 0.15) is 0 Å². The maximum atomic E-state index is 3.31. The Bertz CT molecular complexity index is 158. The van der Waals surface area contributed by atoms with Crippen LogP contribution in [0.15, 0.2) is 11.3 Å². The molecule has 0 aromatic heterocycles. The Balaban J connectivity index is 2.77. The Morgan fingerprint density at radius 2 is 2.27 bits per heavy atom. The molecule has 0 spiro atoms. The van der Waals surface area contributed by atoms with E-state index in [-0.39, 0.29) is 0 Å². The van der Waals surface area contributed by atoms with Crippen molar-refractivity contribution in [2.24, 2.45) is 5.92 Å². The van der Waals surface area contributed by atoms with Crippen LogP contribution in [0.3, 0.4) is 0 Å². The van der Waals surface area contributed by atoms with Crippen molar-refractivity contribution >= 4 is 0 Å². The number of hydrogen-bond acceptors (Lipinski definition) is 1. The summed E-state index contributed by atoms with van der Waals surface area (Å²) in [5, 5.41) is 3.31. The molecular formula is C10H19N. The SMILES string of the molecule is CCC1=C(NC)CCC[C@@H]1C. The highest BCUT2D eigenvalue weighted by Gasteiger charge is 2.16. The van der Waals surface area contributed by atoms with Gasteiger partial charge in [0, 0.05) is 12.7 Å². The lowest BCUT2D eigenvalue weighted by Gasteiger charge is -2.25. The molecule has 0 aliphatic heterocycles. The smallest absolute Gasteiger partial charge is 0.00985 e. The number of rotatable bonds is 2. The van der Waals surface area contributed by atoms with Gasteiger partial charge in [-0.25, -0.2) is 0 Å². The molecule has 1 aliphatic rings. The molecule has 0 unspecified atom stereocenters. The minimum atomic E-state index is 0.816. The second kappa shape index (κ2) is 3.80.